The van der Waals surface area contributed by atoms with Crippen molar-refractivity contribution in [2.75, 3.05) is 19.0 Å². The highest BCUT2D eigenvalue weighted by molar-refractivity contribution is 7.99. The lowest BCUT2D eigenvalue weighted by molar-refractivity contribution is 0.189. The second-order valence-corrected chi connectivity index (χ2v) is 6.31. The van der Waals surface area contributed by atoms with Crippen LogP contribution >= 0.6 is 11.8 Å². The summed E-state index contributed by atoms with van der Waals surface area (Å²) in [6.07, 6.45) is 1.23. The number of hydrogen-bond acceptors (Lipinski definition) is 3. The van der Waals surface area contributed by atoms with Crippen LogP contribution in [-0.2, 0) is 11.3 Å². The fraction of sp³-hybridized carbons (Fsp3) is 0.600. The van der Waals surface area contributed by atoms with E-state index < -0.39 is 0 Å². The zero-order valence-corrected chi connectivity index (χ0v) is 12.1. The van der Waals surface area contributed by atoms with Crippen molar-refractivity contribution in [3.8, 4) is 0 Å². The number of rotatable bonds is 6. The Kier molecular flexibility index (Phi) is 5.54. The molecule has 1 unspecified atom stereocenters. The second kappa shape index (κ2) is 7.17. The van der Waals surface area contributed by atoms with E-state index in [1.807, 2.05) is 11.8 Å². The minimum atomic E-state index is 0.543. The van der Waals surface area contributed by atoms with Crippen molar-refractivity contribution in [1.82, 2.24) is 5.32 Å². The minimum Gasteiger partial charge on any atom is -0.381 e. The van der Waals surface area contributed by atoms with Gasteiger partial charge in [-0.25, -0.2) is 0 Å². The van der Waals surface area contributed by atoms with E-state index in [4.69, 9.17) is 4.74 Å². The molecular weight excluding hydrogens is 242 g/mol. The molecule has 0 amide bonds. The molecule has 0 bridgehead atoms. The molecule has 2 rings (SSSR count). The average molecular weight is 265 g/mol. The summed E-state index contributed by atoms with van der Waals surface area (Å²) < 4.78 is 5.40. The van der Waals surface area contributed by atoms with Crippen LogP contribution in [0, 0.1) is 5.92 Å². The smallest absolute Gasteiger partial charge is 0.0503 e. The molecule has 3 heteroatoms. The van der Waals surface area contributed by atoms with Gasteiger partial charge in [0.2, 0.25) is 0 Å². The highest BCUT2D eigenvalue weighted by Gasteiger charge is 2.15. The molecule has 1 aliphatic heterocycles. The molecule has 0 saturated carbocycles. The van der Waals surface area contributed by atoms with Crippen LogP contribution in [0.25, 0.3) is 0 Å². The van der Waals surface area contributed by atoms with Gasteiger partial charge in [0.1, 0.15) is 0 Å². The molecule has 1 aliphatic rings. The average Bonchev–Trinajstić information content (AvgIpc) is 2.88. The summed E-state index contributed by atoms with van der Waals surface area (Å²) >= 11 is 1.95. The Bertz CT molecular complexity index is 344. The van der Waals surface area contributed by atoms with Crippen molar-refractivity contribution in [2.45, 2.75) is 37.8 Å². The molecule has 1 fully saturated rings. The van der Waals surface area contributed by atoms with E-state index in [9.17, 15) is 0 Å². The van der Waals surface area contributed by atoms with Crippen LogP contribution in [-0.4, -0.2) is 25.0 Å². The van der Waals surface area contributed by atoms with E-state index in [1.54, 1.807) is 0 Å². The largest absolute Gasteiger partial charge is 0.381 e. The minimum absolute atomic E-state index is 0.543. The van der Waals surface area contributed by atoms with Gasteiger partial charge in [-0.2, -0.15) is 0 Å². The summed E-state index contributed by atoms with van der Waals surface area (Å²) in [5.41, 5.74) is 1.36. The Morgan fingerprint density at radius 3 is 2.72 bits per heavy atom. The van der Waals surface area contributed by atoms with Gasteiger partial charge < -0.3 is 10.1 Å². The zero-order valence-electron chi connectivity index (χ0n) is 11.3. The molecule has 0 aromatic heterocycles. The SMILES string of the molecule is CC(C)NCc1ccc(SCC2CCOC2)cc1. The highest BCUT2D eigenvalue weighted by Crippen LogP contribution is 2.24. The van der Waals surface area contributed by atoms with Gasteiger partial charge in [-0.3, -0.25) is 0 Å². The Hall–Kier alpha value is -0.510. The second-order valence-electron chi connectivity index (χ2n) is 5.22. The molecular formula is C15H23NOS. The van der Waals surface area contributed by atoms with Crippen molar-refractivity contribution in [3.63, 3.8) is 0 Å². The molecule has 2 nitrogen and oxygen atoms in total. The van der Waals surface area contributed by atoms with Crippen molar-refractivity contribution < 1.29 is 4.74 Å². The van der Waals surface area contributed by atoms with Gasteiger partial charge in [-0.15, -0.1) is 11.8 Å². The van der Waals surface area contributed by atoms with Gasteiger partial charge in [0.25, 0.3) is 0 Å². The Labute approximate surface area is 114 Å². The summed E-state index contributed by atoms with van der Waals surface area (Å²) in [4.78, 5) is 1.37. The third kappa shape index (κ3) is 4.63. The summed E-state index contributed by atoms with van der Waals surface area (Å²) in [5, 5.41) is 3.43. The lowest BCUT2D eigenvalue weighted by Crippen LogP contribution is -2.21. The standard InChI is InChI=1S/C15H23NOS/c1-12(2)16-9-13-3-5-15(6-4-13)18-11-14-7-8-17-10-14/h3-6,12,14,16H,7-11H2,1-2H3. The third-order valence-corrected chi connectivity index (χ3v) is 4.39. The maximum atomic E-state index is 5.40. The number of hydrogen-bond donors (Lipinski definition) is 1. The van der Waals surface area contributed by atoms with E-state index >= 15 is 0 Å². The van der Waals surface area contributed by atoms with Crippen molar-refractivity contribution in [3.05, 3.63) is 29.8 Å². The van der Waals surface area contributed by atoms with E-state index in [1.165, 1.54) is 22.6 Å². The number of nitrogens with one attached hydrogen (secondary N) is 1. The van der Waals surface area contributed by atoms with Gasteiger partial charge in [0, 0.05) is 29.8 Å². The fourth-order valence-corrected chi connectivity index (χ4v) is 2.97. The quantitative estimate of drug-likeness (QED) is 0.797. The topological polar surface area (TPSA) is 21.3 Å². The predicted molar refractivity (Wildman–Crippen MR) is 78.1 cm³/mol. The fourth-order valence-electron chi connectivity index (χ4n) is 1.95. The number of benzene rings is 1. The molecule has 100 valence electrons. The van der Waals surface area contributed by atoms with Crippen molar-refractivity contribution >= 4 is 11.8 Å². The van der Waals surface area contributed by atoms with Crippen molar-refractivity contribution in [1.29, 1.82) is 0 Å². The highest BCUT2D eigenvalue weighted by atomic mass is 32.2. The Morgan fingerprint density at radius 2 is 2.11 bits per heavy atom. The summed E-state index contributed by atoms with van der Waals surface area (Å²) in [7, 11) is 0. The number of thioether (sulfide) groups is 1. The van der Waals surface area contributed by atoms with Crippen LogP contribution < -0.4 is 5.32 Å². The first-order valence-corrected chi connectivity index (χ1v) is 7.75. The summed E-state index contributed by atoms with van der Waals surface area (Å²) in [6, 6.07) is 9.46. The van der Waals surface area contributed by atoms with Gasteiger partial charge >= 0.3 is 0 Å². The van der Waals surface area contributed by atoms with Gasteiger partial charge in [-0.05, 0) is 30.0 Å². The van der Waals surface area contributed by atoms with Crippen LogP contribution in [0.1, 0.15) is 25.8 Å². The van der Waals surface area contributed by atoms with E-state index in [2.05, 4.69) is 43.4 Å². The van der Waals surface area contributed by atoms with Crippen LogP contribution in [0.5, 0.6) is 0 Å². The van der Waals surface area contributed by atoms with E-state index in [-0.39, 0.29) is 0 Å². The Balaban J connectivity index is 1.76. The van der Waals surface area contributed by atoms with Crippen LogP contribution in [0.4, 0.5) is 0 Å². The molecule has 1 N–H and O–H groups in total. The first kappa shape index (κ1) is 13.9. The molecule has 1 atom stereocenters. The summed E-state index contributed by atoms with van der Waals surface area (Å²) in [6.45, 7) is 7.20. The molecule has 0 radical (unpaired) electrons. The monoisotopic (exact) mass is 265 g/mol. The lowest BCUT2D eigenvalue weighted by Gasteiger charge is -2.09. The van der Waals surface area contributed by atoms with Gasteiger partial charge in [0.05, 0.1) is 6.61 Å². The normalized spacial score (nSPS) is 19.6. The molecule has 18 heavy (non-hydrogen) atoms. The molecule has 1 aromatic rings. The van der Waals surface area contributed by atoms with E-state index in [0.29, 0.717) is 6.04 Å². The van der Waals surface area contributed by atoms with Crippen LogP contribution in [0.15, 0.2) is 29.2 Å². The van der Waals surface area contributed by atoms with Crippen LogP contribution in [0.3, 0.4) is 0 Å². The maximum absolute atomic E-state index is 5.40. The Morgan fingerprint density at radius 1 is 1.33 bits per heavy atom. The molecule has 1 aromatic carbocycles. The van der Waals surface area contributed by atoms with Crippen LogP contribution in [0.2, 0.25) is 0 Å². The van der Waals surface area contributed by atoms with Gasteiger partial charge in [0.15, 0.2) is 0 Å². The number of ether oxygens (including phenoxy) is 1. The summed E-state index contributed by atoms with van der Waals surface area (Å²) in [5.74, 6) is 1.93. The lowest BCUT2D eigenvalue weighted by atomic mass is 10.2. The zero-order chi connectivity index (χ0) is 12.8. The third-order valence-electron chi connectivity index (χ3n) is 3.15. The van der Waals surface area contributed by atoms with Crippen molar-refractivity contribution in [2.24, 2.45) is 5.92 Å². The van der Waals surface area contributed by atoms with Gasteiger partial charge in [-0.1, -0.05) is 26.0 Å². The van der Waals surface area contributed by atoms with E-state index in [0.717, 1.165) is 25.7 Å². The molecule has 0 spiro atoms. The first-order chi connectivity index (χ1) is 8.74. The maximum Gasteiger partial charge on any atom is 0.0503 e. The molecule has 1 heterocycles. The first-order valence-electron chi connectivity index (χ1n) is 6.77. The molecule has 1 saturated heterocycles. The predicted octanol–water partition coefficient (Wildman–Crippen LogP) is 3.31. The molecule has 0 aliphatic carbocycles.